The summed E-state index contributed by atoms with van der Waals surface area (Å²) in [5.74, 6) is 0.861. The molecular weight excluding hydrogens is 379 g/mol. The van der Waals surface area contributed by atoms with Crippen molar-refractivity contribution in [3.63, 3.8) is 0 Å². The van der Waals surface area contributed by atoms with Gasteiger partial charge in [-0.25, -0.2) is 0 Å². The Balaban J connectivity index is 0.00000261. The second kappa shape index (κ2) is 9.65. The predicted octanol–water partition coefficient (Wildman–Crippen LogP) is 5.62. The monoisotopic (exact) mass is 402 g/mol. The second-order valence-corrected chi connectivity index (χ2v) is 6.87. The van der Waals surface area contributed by atoms with E-state index in [9.17, 15) is 0 Å². The van der Waals surface area contributed by atoms with E-state index in [0.29, 0.717) is 17.3 Å². The molecule has 27 heavy (non-hydrogen) atoms. The number of halogens is 2. The SMILES string of the molecule is CN(C)CCOc1cccc(-c2ccc(Cl)c(-c3ccccc3N)c2)c1.Cl. The van der Waals surface area contributed by atoms with Crippen LogP contribution < -0.4 is 10.5 Å². The van der Waals surface area contributed by atoms with Gasteiger partial charge in [0.2, 0.25) is 0 Å². The predicted molar refractivity (Wildman–Crippen MR) is 118 cm³/mol. The topological polar surface area (TPSA) is 38.5 Å². The molecular formula is C22H24Cl2N2O. The Morgan fingerprint density at radius 1 is 0.889 bits per heavy atom. The largest absolute Gasteiger partial charge is 0.492 e. The molecule has 0 atom stereocenters. The highest BCUT2D eigenvalue weighted by Gasteiger charge is 2.09. The highest BCUT2D eigenvalue weighted by atomic mass is 35.5. The molecule has 3 aromatic carbocycles. The number of hydrogen-bond donors (Lipinski definition) is 1. The first-order valence-corrected chi connectivity index (χ1v) is 8.95. The number of nitrogens with two attached hydrogens (primary N) is 1. The molecule has 0 radical (unpaired) electrons. The average molecular weight is 403 g/mol. The quantitative estimate of drug-likeness (QED) is 0.543. The lowest BCUT2D eigenvalue weighted by Crippen LogP contribution is -2.19. The highest BCUT2D eigenvalue weighted by molar-refractivity contribution is 6.33. The molecule has 0 spiro atoms. The number of nitrogens with zero attached hydrogens (tertiary/aromatic N) is 1. The third kappa shape index (κ3) is 5.39. The molecule has 0 aliphatic heterocycles. The third-order valence-corrected chi connectivity index (χ3v) is 4.52. The molecule has 0 aromatic heterocycles. The van der Waals surface area contributed by atoms with Crippen molar-refractivity contribution in [2.45, 2.75) is 0 Å². The van der Waals surface area contributed by atoms with Gasteiger partial charge in [0.25, 0.3) is 0 Å². The zero-order valence-corrected chi connectivity index (χ0v) is 17.1. The fourth-order valence-corrected chi connectivity index (χ4v) is 2.98. The van der Waals surface area contributed by atoms with Crippen LogP contribution >= 0.6 is 24.0 Å². The summed E-state index contributed by atoms with van der Waals surface area (Å²) in [6.45, 7) is 1.53. The van der Waals surface area contributed by atoms with E-state index < -0.39 is 0 Å². The minimum Gasteiger partial charge on any atom is -0.492 e. The van der Waals surface area contributed by atoms with Crippen molar-refractivity contribution in [3.05, 3.63) is 71.8 Å². The van der Waals surface area contributed by atoms with Gasteiger partial charge in [-0.15, -0.1) is 12.4 Å². The number of nitrogen functional groups attached to an aromatic ring is 1. The van der Waals surface area contributed by atoms with E-state index in [-0.39, 0.29) is 12.4 Å². The van der Waals surface area contributed by atoms with Crippen molar-refractivity contribution in [2.24, 2.45) is 0 Å². The standard InChI is InChI=1S/C22H23ClN2O.ClH/c1-25(2)12-13-26-18-7-5-6-16(14-18)17-10-11-21(23)20(15-17)19-8-3-4-9-22(19)24;/h3-11,14-15H,12-13,24H2,1-2H3;1H. The van der Waals surface area contributed by atoms with Crippen LogP contribution in [0.25, 0.3) is 22.3 Å². The molecule has 0 heterocycles. The van der Waals surface area contributed by atoms with Crippen molar-refractivity contribution >= 4 is 29.7 Å². The molecule has 0 saturated heterocycles. The van der Waals surface area contributed by atoms with Gasteiger partial charge in [-0.05, 0) is 55.6 Å². The third-order valence-electron chi connectivity index (χ3n) is 4.19. The van der Waals surface area contributed by atoms with Gasteiger partial charge in [0, 0.05) is 28.4 Å². The van der Waals surface area contributed by atoms with Gasteiger partial charge in [-0.3, -0.25) is 0 Å². The second-order valence-electron chi connectivity index (χ2n) is 6.46. The van der Waals surface area contributed by atoms with E-state index in [4.69, 9.17) is 22.1 Å². The Labute approximate surface area is 172 Å². The minimum absolute atomic E-state index is 0. The molecule has 3 aromatic rings. The van der Waals surface area contributed by atoms with Crippen LogP contribution in [0, 0.1) is 0 Å². The number of rotatable bonds is 6. The lowest BCUT2D eigenvalue weighted by atomic mass is 9.98. The van der Waals surface area contributed by atoms with Crippen molar-refractivity contribution in [2.75, 3.05) is 33.0 Å². The zero-order chi connectivity index (χ0) is 18.5. The van der Waals surface area contributed by atoms with Crippen molar-refractivity contribution in [1.29, 1.82) is 0 Å². The summed E-state index contributed by atoms with van der Waals surface area (Å²) < 4.78 is 5.85. The number of para-hydroxylation sites is 1. The Hall–Kier alpha value is -2.20. The van der Waals surface area contributed by atoms with Crippen LogP contribution in [-0.2, 0) is 0 Å². The Morgan fingerprint density at radius 2 is 1.63 bits per heavy atom. The lowest BCUT2D eigenvalue weighted by Gasteiger charge is -2.13. The van der Waals surface area contributed by atoms with Crippen LogP contribution in [0.5, 0.6) is 5.75 Å². The smallest absolute Gasteiger partial charge is 0.119 e. The molecule has 0 saturated carbocycles. The van der Waals surface area contributed by atoms with Crippen LogP contribution in [0.1, 0.15) is 0 Å². The summed E-state index contributed by atoms with van der Waals surface area (Å²) in [6.07, 6.45) is 0. The van der Waals surface area contributed by atoms with E-state index in [2.05, 4.69) is 23.1 Å². The van der Waals surface area contributed by atoms with Crippen LogP contribution in [0.3, 0.4) is 0 Å². The Bertz CT molecular complexity index is 897. The van der Waals surface area contributed by atoms with Gasteiger partial charge in [0.05, 0.1) is 0 Å². The summed E-state index contributed by atoms with van der Waals surface area (Å²) in [7, 11) is 4.06. The lowest BCUT2D eigenvalue weighted by molar-refractivity contribution is 0.261. The van der Waals surface area contributed by atoms with Gasteiger partial charge in [0.15, 0.2) is 0 Å². The molecule has 0 aliphatic rings. The number of likely N-dealkylation sites (N-methyl/N-ethyl adjacent to an activating group) is 1. The molecule has 0 fully saturated rings. The summed E-state index contributed by atoms with van der Waals surface area (Å²) in [5, 5.41) is 0.685. The Morgan fingerprint density at radius 3 is 2.37 bits per heavy atom. The van der Waals surface area contributed by atoms with Gasteiger partial charge in [-0.2, -0.15) is 0 Å². The van der Waals surface area contributed by atoms with Crippen LogP contribution in [0.4, 0.5) is 5.69 Å². The molecule has 0 unspecified atom stereocenters. The van der Waals surface area contributed by atoms with Crippen LogP contribution in [0.2, 0.25) is 5.02 Å². The number of anilines is 1. The first kappa shape index (κ1) is 21.1. The summed E-state index contributed by atoms with van der Waals surface area (Å²) in [4.78, 5) is 2.10. The number of ether oxygens (including phenoxy) is 1. The van der Waals surface area contributed by atoms with Gasteiger partial charge >= 0.3 is 0 Å². The van der Waals surface area contributed by atoms with E-state index in [1.807, 2.05) is 62.6 Å². The molecule has 3 rings (SSSR count). The van der Waals surface area contributed by atoms with Crippen molar-refractivity contribution in [3.8, 4) is 28.0 Å². The fourth-order valence-electron chi connectivity index (χ4n) is 2.77. The first-order valence-electron chi connectivity index (χ1n) is 8.57. The number of benzene rings is 3. The van der Waals surface area contributed by atoms with Gasteiger partial charge in [0.1, 0.15) is 12.4 Å². The maximum Gasteiger partial charge on any atom is 0.119 e. The highest BCUT2D eigenvalue weighted by Crippen LogP contribution is 2.35. The molecule has 0 amide bonds. The van der Waals surface area contributed by atoms with Crippen LogP contribution in [0.15, 0.2) is 66.7 Å². The molecule has 0 bridgehead atoms. The normalized spacial score (nSPS) is 10.5. The van der Waals surface area contributed by atoms with Gasteiger partial charge in [-0.1, -0.05) is 48.0 Å². The molecule has 2 N–H and O–H groups in total. The summed E-state index contributed by atoms with van der Waals surface area (Å²) in [5.41, 5.74) is 10.9. The van der Waals surface area contributed by atoms with Gasteiger partial charge < -0.3 is 15.4 Å². The summed E-state index contributed by atoms with van der Waals surface area (Å²) >= 11 is 6.43. The van der Waals surface area contributed by atoms with Crippen molar-refractivity contribution < 1.29 is 4.74 Å². The zero-order valence-electron chi connectivity index (χ0n) is 15.5. The molecule has 0 aliphatic carbocycles. The van der Waals surface area contributed by atoms with Crippen LogP contribution in [-0.4, -0.2) is 32.1 Å². The molecule has 3 nitrogen and oxygen atoms in total. The van der Waals surface area contributed by atoms with E-state index in [1.54, 1.807) is 0 Å². The first-order chi connectivity index (χ1) is 12.5. The number of hydrogen-bond acceptors (Lipinski definition) is 3. The Kier molecular flexibility index (Phi) is 7.55. The maximum atomic E-state index is 6.43. The van der Waals surface area contributed by atoms with E-state index in [0.717, 1.165) is 34.5 Å². The maximum absolute atomic E-state index is 6.43. The molecule has 5 heteroatoms. The average Bonchev–Trinajstić information content (AvgIpc) is 2.63. The van der Waals surface area contributed by atoms with E-state index in [1.165, 1.54) is 0 Å². The minimum atomic E-state index is 0. The molecule has 142 valence electrons. The van der Waals surface area contributed by atoms with Crippen molar-refractivity contribution in [1.82, 2.24) is 4.90 Å². The van der Waals surface area contributed by atoms with E-state index >= 15 is 0 Å². The summed E-state index contributed by atoms with van der Waals surface area (Å²) in [6, 6.07) is 21.9. The fraction of sp³-hybridized carbons (Fsp3) is 0.182.